The number of hydrogen-bond acceptors (Lipinski definition) is 4. The highest BCUT2D eigenvalue weighted by molar-refractivity contribution is 5.44. The van der Waals surface area contributed by atoms with Gasteiger partial charge < -0.3 is 19.3 Å². The summed E-state index contributed by atoms with van der Waals surface area (Å²) < 4.78 is 16.8. The Morgan fingerprint density at radius 3 is 2.74 bits per heavy atom. The minimum Gasteiger partial charge on any atom is -0.490 e. The van der Waals surface area contributed by atoms with Gasteiger partial charge >= 0.3 is 0 Å². The van der Waals surface area contributed by atoms with E-state index in [1.807, 2.05) is 18.2 Å². The molecule has 2 aliphatic rings. The number of aliphatic hydroxyl groups excluding tert-OH is 1. The van der Waals surface area contributed by atoms with E-state index in [1.165, 1.54) is 0 Å². The van der Waals surface area contributed by atoms with Crippen molar-refractivity contribution >= 4 is 0 Å². The van der Waals surface area contributed by atoms with Gasteiger partial charge in [-0.25, -0.2) is 0 Å². The summed E-state index contributed by atoms with van der Waals surface area (Å²) in [5, 5.41) is 10.3. The lowest BCUT2D eigenvalue weighted by Crippen LogP contribution is -2.11. The highest BCUT2D eigenvalue weighted by Crippen LogP contribution is 2.34. The first-order valence-electron chi connectivity index (χ1n) is 7.02. The maximum absolute atomic E-state index is 10.3. The van der Waals surface area contributed by atoms with Crippen LogP contribution in [0.1, 0.15) is 37.4 Å². The first kappa shape index (κ1) is 12.8. The molecule has 1 N–H and O–H groups in total. The van der Waals surface area contributed by atoms with Crippen LogP contribution in [0.2, 0.25) is 0 Å². The van der Waals surface area contributed by atoms with Gasteiger partial charge in [-0.15, -0.1) is 0 Å². The van der Waals surface area contributed by atoms with E-state index in [4.69, 9.17) is 14.2 Å². The molecule has 0 spiro atoms. The molecule has 1 saturated heterocycles. The van der Waals surface area contributed by atoms with Crippen LogP contribution in [0.3, 0.4) is 0 Å². The van der Waals surface area contributed by atoms with E-state index in [9.17, 15) is 5.11 Å². The minimum atomic E-state index is -0.500. The van der Waals surface area contributed by atoms with Gasteiger partial charge in [0.1, 0.15) is 0 Å². The van der Waals surface area contributed by atoms with Gasteiger partial charge in [0, 0.05) is 19.4 Å². The van der Waals surface area contributed by atoms with Crippen LogP contribution in [0.4, 0.5) is 0 Å². The van der Waals surface area contributed by atoms with Crippen LogP contribution >= 0.6 is 0 Å². The van der Waals surface area contributed by atoms with E-state index >= 15 is 0 Å². The van der Waals surface area contributed by atoms with Crippen LogP contribution in [0, 0.1) is 0 Å². The van der Waals surface area contributed by atoms with Gasteiger partial charge in [-0.05, 0) is 30.5 Å². The molecule has 19 heavy (non-hydrogen) atoms. The largest absolute Gasteiger partial charge is 0.490 e. The Morgan fingerprint density at radius 2 is 1.95 bits per heavy atom. The molecule has 0 saturated carbocycles. The van der Waals surface area contributed by atoms with Crippen molar-refractivity contribution in [2.75, 3.05) is 19.8 Å². The Hall–Kier alpha value is -1.26. The fourth-order valence-electron chi connectivity index (χ4n) is 2.60. The van der Waals surface area contributed by atoms with Crippen molar-refractivity contribution in [2.24, 2.45) is 0 Å². The Labute approximate surface area is 113 Å². The van der Waals surface area contributed by atoms with Crippen LogP contribution in [-0.4, -0.2) is 31.0 Å². The third-order valence-electron chi connectivity index (χ3n) is 3.67. The molecular weight excluding hydrogens is 244 g/mol. The van der Waals surface area contributed by atoms with E-state index in [2.05, 4.69) is 0 Å². The molecule has 0 radical (unpaired) electrons. The third-order valence-corrected chi connectivity index (χ3v) is 3.67. The van der Waals surface area contributed by atoms with E-state index in [1.54, 1.807) is 0 Å². The smallest absolute Gasteiger partial charge is 0.161 e. The topological polar surface area (TPSA) is 47.9 Å². The van der Waals surface area contributed by atoms with Gasteiger partial charge in [0.15, 0.2) is 11.5 Å². The molecule has 1 aromatic carbocycles. The van der Waals surface area contributed by atoms with Crippen molar-refractivity contribution in [3.05, 3.63) is 23.8 Å². The molecule has 3 rings (SSSR count). The molecule has 1 aromatic rings. The van der Waals surface area contributed by atoms with Crippen molar-refractivity contribution in [1.29, 1.82) is 0 Å². The maximum atomic E-state index is 10.3. The van der Waals surface area contributed by atoms with Gasteiger partial charge in [0.25, 0.3) is 0 Å². The average molecular weight is 264 g/mol. The molecular formula is C15H20O4. The van der Waals surface area contributed by atoms with E-state index in [-0.39, 0.29) is 6.10 Å². The summed E-state index contributed by atoms with van der Waals surface area (Å²) in [5.41, 5.74) is 0.875. The first-order valence-corrected chi connectivity index (χ1v) is 7.02. The zero-order chi connectivity index (χ0) is 13.1. The van der Waals surface area contributed by atoms with Crippen LogP contribution < -0.4 is 9.47 Å². The zero-order valence-electron chi connectivity index (χ0n) is 11.0. The summed E-state index contributed by atoms with van der Waals surface area (Å²) in [7, 11) is 0. The summed E-state index contributed by atoms with van der Waals surface area (Å²) >= 11 is 0. The molecule has 4 nitrogen and oxygen atoms in total. The summed E-state index contributed by atoms with van der Waals surface area (Å²) in [6.07, 6.45) is 3.37. The Balaban J connectivity index is 1.71. The summed E-state index contributed by atoms with van der Waals surface area (Å²) in [5.74, 6) is 1.51. The second-order valence-electron chi connectivity index (χ2n) is 5.14. The van der Waals surface area contributed by atoms with Crippen LogP contribution in [0.15, 0.2) is 18.2 Å². The molecule has 4 heteroatoms. The number of ether oxygens (including phenoxy) is 3. The second-order valence-corrected chi connectivity index (χ2v) is 5.14. The molecule has 0 aromatic heterocycles. The zero-order valence-corrected chi connectivity index (χ0v) is 11.0. The van der Waals surface area contributed by atoms with E-state index in [0.29, 0.717) is 19.6 Å². The molecule has 0 amide bonds. The monoisotopic (exact) mass is 264 g/mol. The summed E-state index contributed by atoms with van der Waals surface area (Å²) in [6.45, 7) is 2.17. The summed E-state index contributed by atoms with van der Waals surface area (Å²) in [4.78, 5) is 0. The predicted octanol–water partition coefficient (Wildman–Crippen LogP) is 2.45. The quantitative estimate of drug-likeness (QED) is 0.911. The highest BCUT2D eigenvalue weighted by Gasteiger charge is 2.21. The second kappa shape index (κ2) is 5.80. The van der Waals surface area contributed by atoms with Crippen molar-refractivity contribution < 1.29 is 19.3 Å². The van der Waals surface area contributed by atoms with Crippen molar-refractivity contribution in [3.63, 3.8) is 0 Å². The van der Waals surface area contributed by atoms with Gasteiger partial charge in [0.2, 0.25) is 0 Å². The lowest BCUT2D eigenvalue weighted by atomic mass is 10.0. The normalized spacial score (nSPS) is 23.9. The maximum Gasteiger partial charge on any atom is 0.161 e. The van der Waals surface area contributed by atoms with Crippen LogP contribution in [-0.2, 0) is 4.74 Å². The minimum absolute atomic E-state index is 0.186. The van der Waals surface area contributed by atoms with Gasteiger partial charge in [-0.2, -0.15) is 0 Å². The van der Waals surface area contributed by atoms with Crippen molar-refractivity contribution in [2.45, 2.75) is 37.9 Å². The molecule has 2 aliphatic heterocycles. The Kier molecular flexibility index (Phi) is 3.89. The lowest BCUT2D eigenvalue weighted by molar-refractivity contribution is 0.0534. The lowest BCUT2D eigenvalue weighted by Gasteiger charge is -2.17. The third kappa shape index (κ3) is 3.01. The number of fused-ring (bicyclic) bond motifs is 1. The molecule has 0 bridgehead atoms. The Bertz CT molecular complexity index is 426. The standard InChI is InChI=1S/C15H20O4/c16-13(10-12-3-1-6-17-12)11-4-5-14-15(9-11)19-8-2-7-18-14/h4-5,9,12-13,16H,1-3,6-8,10H2. The molecule has 2 unspecified atom stereocenters. The van der Waals surface area contributed by atoms with Gasteiger partial charge in [-0.1, -0.05) is 6.07 Å². The van der Waals surface area contributed by atoms with Crippen molar-refractivity contribution in [1.82, 2.24) is 0 Å². The highest BCUT2D eigenvalue weighted by atomic mass is 16.5. The fourth-order valence-corrected chi connectivity index (χ4v) is 2.60. The number of rotatable bonds is 3. The molecule has 0 aliphatic carbocycles. The number of hydrogen-bond donors (Lipinski definition) is 1. The molecule has 1 fully saturated rings. The van der Waals surface area contributed by atoms with E-state index < -0.39 is 6.10 Å². The Morgan fingerprint density at radius 1 is 1.11 bits per heavy atom. The predicted molar refractivity (Wildman–Crippen MR) is 70.6 cm³/mol. The van der Waals surface area contributed by atoms with Gasteiger partial charge in [0.05, 0.1) is 25.4 Å². The van der Waals surface area contributed by atoms with Crippen LogP contribution in [0.25, 0.3) is 0 Å². The molecule has 2 heterocycles. The number of benzene rings is 1. The van der Waals surface area contributed by atoms with E-state index in [0.717, 1.165) is 42.9 Å². The number of aliphatic hydroxyl groups is 1. The SMILES string of the molecule is OC(CC1CCCO1)c1ccc2c(c1)OCCCO2. The van der Waals surface area contributed by atoms with Gasteiger partial charge in [-0.3, -0.25) is 0 Å². The average Bonchev–Trinajstić information content (AvgIpc) is 2.81. The fraction of sp³-hybridized carbons (Fsp3) is 0.600. The molecule has 104 valence electrons. The first-order chi connectivity index (χ1) is 9.33. The van der Waals surface area contributed by atoms with Crippen LogP contribution in [0.5, 0.6) is 11.5 Å². The van der Waals surface area contributed by atoms with Crippen molar-refractivity contribution in [3.8, 4) is 11.5 Å². The molecule has 2 atom stereocenters. The summed E-state index contributed by atoms with van der Waals surface area (Å²) in [6, 6.07) is 5.68.